The molecule has 0 saturated carbocycles. The van der Waals surface area contributed by atoms with Crippen LogP contribution in [0.4, 0.5) is 0 Å². The van der Waals surface area contributed by atoms with Crippen molar-refractivity contribution >= 4 is 36.2 Å². The van der Waals surface area contributed by atoms with Gasteiger partial charge in [0.25, 0.3) is 0 Å². The Labute approximate surface area is 323 Å². The van der Waals surface area contributed by atoms with Crippen molar-refractivity contribution in [3.05, 3.63) is 66.3 Å². The summed E-state index contributed by atoms with van der Waals surface area (Å²) in [6.07, 6.45) is 1.34. The quantitative estimate of drug-likeness (QED) is 0.148. The van der Waals surface area contributed by atoms with Crippen molar-refractivity contribution in [1.29, 1.82) is 0 Å². The molecule has 0 amide bonds. The number of aldehydes is 1. The van der Waals surface area contributed by atoms with Gasteiger partial charge in [0.15, 0.2) is 6.29 Å². The van der Waals surface area contributed by atoms with Crippen molar-refractivity contribution in [1.82, 2.24) is 4.90 Å². The van der Waals surface area contributed by atoms with Gasteiger partial charge in [0, 0.05) is 39.9 Å². The summed E-state index contributed by atoms with van der Waals surface area (Å²) in [6, 6.07) is 8.40. The summed E-state index contributed by atoms with van der Waals surface area (Å²) >= 11 is 0. The first kappa shape index (κ1) is 45.2. The molecule has 1 aromatic carbocycles. The summed E-state index contributed by atoms with van der Waals surface area (Å²) in [4.78, 5) is 64.9. The number of cyclic esters (lactones) is 1. The zero-order valence-corrected chi connectivity index (χ0v) is 33.0. The van der Waals surface area contributed by atoms with E-state index in [0.29, 0.717) is 12.7 Å². The first-order chi connectivity index (χ1) is 26.1. The van der Waals surface area contributed by atoms with E-state index in [0.717, 1.165) is 5.56 Å². The first-order valence-electron chi connectivity index (χ1n) is 18.6. The molecule has 1 N–H and O–H groups in total. The van der Waals surface area contributed by atoms with Crippen molar-refractivity contribution in [2.75, 3.05) is 21.2 Å². The fourth-order valence-electron chi connectivity index (χ4n) is 6.97. The number of benzene rings is 1. The highest BCUT2D eigenvalue weighted by Gasteiger charge is 2.50. The maximum Gasteiger partial charge on any atom is 0.331 e. The van der Waals surface area contributed by atoms with Gasteiger partial charge in [-0.2, -0.15) is 0 Å². The molecule has 0 aromatic heterocycles. The predicted molar refractivity (Wildman–Crippen MR) is 201 cm³/mol. The van der Waals surface area contributed by atoms with E-state index in [9.17, 15) is 29.1 Å². The molecule has 0 radical (unpaired) electrons. The van der Waals surface area contributed by atoms with Gasteiger partial charge in [0.2, 0.25) is 0 Å². The number of rotatable bonds is 11. The van der Waals surface area contributed by atoms with E-state index >= 15 is 0 Å². The van der Waals surface area contributed by atoms with Gasteiger partial charge >= 0.3 is 23.9 Å². The third-order valence-corrected chi connectivity index (χ3v) is 9.53. The maximum absolute atomic E-state index is 13.2. The average molecular weight is 772 g/mol. The maximum atomic E-state index is 13.2. The Morgan fingerprint density at radius 2 is 1.65 bits per heavy atom. The van der Waals surface area contributed by atoms with Gasteiger partial charge in [-0.05, 0) is 63.9 Å². The lowest BCUT2D eigenvalue weighted by Crippen LogP contribution is -2.64. The minimum atomic E-state index is -1.42. The smallest absolute Gasteiger partial charge is 0.331 e. The van der Waals surface area contributed by atoms with E-state index in [4.69, 9.17) is 33.2 Å². The summed E-state index contributed by atoms with van der Waals surface area (Å²) in [5.41, 5.74) is 0.799. The van der Waals surface area contributed by atoms with E-state index < -0.39 is 97.4 Å². The molecule has 1 saturated heterocycles. The Balaban J connectivity index is 2.06. The lowest BCUT2D eigenvalue weighted by Gasteiger charge is -2.47. The Bertz CT molecular complexity index is 1490. The van der Waals surface area contributed by atoms with Gasteiger partial charge in [-0.3, -0.25) is 14.4 Å². The number of methoxy groups -OCH3 is 1. The second kappa shape index (κ2) is 22.4. The van der Waals surface area contributed by atoms with Crippen molar-refractivity contribution in [2.45, 2.75) is 121 Å². The molecule has 55 heavy (non-hydrogen) atoms. The number of hydrogen-bond donors (Lipinski definition) is 1. The largest absolute Gasteiger partial charge is 0.462 e. The summed E-state index contributed by atoms with van der Waals surface area (Å²) in [5.74, 6) is -3.61. The van der Waals surface area contributed by atoms with Crippen LogP contribution in [0.3, 0.4) is 0 Å². The van der Waals surface area contributed by atoms with Crippen LogP contribution in [0.25, 0.3) is 6.08 Å². The second-order valence-electron chi connectivity index (χ2n) is 14.3. The van der Waals surface area contributed by atoms with Crippen LogP contribution in [-0.2, 0) is 57.1 Å². The van der Waals surface area contributed by atoms with Gasteiger partial charge in [0.1, 0.15) is 42.9 Å². The Morgan fingerprint density at radius 1 is 0.964 bits per heavy atom. The van der Waals surface area contributed by atoms with E-state index in [1.807, 2.05) is 37.3 Å². The lowest BCUT2D eigenvalue weighted by molar-refractivity contribution is -0.310. The van der Waals surface area contributed by atoms with Crippen molar-refractivity contribution in [3.8, 4) is 0 Å². The van der Waals surface area contributed by atoms with Gasteiger partial charge in [-0.25, -0.2) is 4.79 Å². The van der Waals surface area contributed by atoms with Crippen molar-refractivity contribution < 1.29 is 62.2 Å². The van der Waals surface area contributed by atoms with Crippen molar-refractivity contribution in [2.24, 2.45) is 11.8 Å². The monoisotopic (exact) mass is 771 g/mol. The Hall–Kier alpha value is -4.21. The second-order valence-corrected chi connectivity index (χ2v) is 14.3. The molecule has 14 nitrogen and oxygen atoms in total. The first-order valence-corrected chi connectivity index (χ1v) is 18.6. The van der Waals surface area contributed by atoms with Gasteiger partial charge in [0.05, 0.1) is 24.7 Å². The average Bonchev–Trinajstić information content (AvgIpc) is 3.11. The number of carbonyl (C=O) groups excluding carboxylic acids is 5. The van der Waals surface area contributed by atoms with Crippen LogP contribution in [0.2, 0.25) is 0 Å². The molecule has 304 valence electrons. The van der Waals surface area contributed by atoms with E-state index in [1.54, 1.807) is 63.2 Å². The van der Waals surface area contributed by atoms with Crippen molar-refractivity contribution in [3.63, 3.8) is 0 Å². The molecule has 0 spiro atoms. The number of carbonyl (C=O) groups is 5. The van der Waals surface area contributed by atoms with Crippen LogP contribution in [0.15, 0.2) is 60.7 Å². The highest BCUT2D eigenvalue weighted by molar-refractivity contribution is 5.87. The molecule has 0 bridgehead atoms. The molecule has 2 aliphatic rings. The normalized spacial score (nSPS) is 33.6. The molecule has 12 atom stereocenters. The number of hydrogen-bond acceptors (Lipinski definition) is 14. The van der Waals surface area contributed by atoms with Crippen LogP contribution in [0, 0.1) is 11.8 Å². The van der Waals surface area contributed by atoms with E-state index in [1.165, 1.54) is 27.0 Å². The van der Waals surface area contributed by atoms with Crippen LogP contribution in [0.1, 0.15) is 65.9 Å². The molecule has 0 unspecified atom stereocenters. The molecule has 3 rings (SSSR count). The number of esters is 4. The van der Waals surface area contributed by atoms with Gasteiger partial charge < -0.3 is 48.0 Å². The number of allylic oxidation sites excluding steroid dienone is 2. The molecule has 1 fully saturated rings. The Kier molecular flexibility index (Phi) is 18.4. The third kappa shape index (κ3) is 14.1. The summed E-state index contributed by atoms with van der Waals surface area (Å²) < 4.78 is 41.6. The lowest BCUT2D eigenvalue weighted by atomic mass is 9.82. The van der Waals surface area contributed by atoms with Gasteiger partial charge in [-0.15, -0.1) is 0 Å². The molecule has 0 aliphatic carbocycles. The molecule has 2 heterocycles. The minimum absolute atomic E-state index is 0.0942. The highest BCUT2D eigenvalue weighted by atomic mass is 16.7. The SMILES string of the molecule is CO[C@@H]1[C@@H](O[C@@H]2O[C@H](C)[C@@H](OC(=O)/C=C/c3ccccc3)[C@H](N(C)C)[C@H]2O)[C@@H](CC=O)C[C@@H](C)[C@@H](OC(C)=O)/C=C/C=C/C[C@@H](C)OC(=O)C[C@H]1OC(C)=O. The number of nitrogens with zero attached hydrogens (tertiary/aromatic N) is 1. The molecular formula is C41H57NO13. The van der Waals surface area contributed by atoms with E-state index in [2.05, 4.69) is 0 Å². The topological polar surface area (TPSA) is 173 Å². The van der Waals surface area contributed by atoms with Crippen LogP contribution >= 0.6 is 0 Å². The summed E-state index contributed by atoms with van der Waals surface area (Å²) in [5, 5.41) is 11.9. The van der Waals surface area contributed by atoms with Crippen LogP contribution < -0.4 is 0 Å². The standard InChI is InChI=1S/C41H57NO13/c1-25-23-31(21-22-43)39(40(49-8)33(53-29(5)45)24-35(47)50-26(2)15-11-9-14-18-32(25)52-28(4)44)55-41-37(48)36(42(6)7)38(27(3)51-41)54-34(46)20-19-30-16-12-10-13-17-30/h9-14,16-20,22,25-27,31-33,36-41,48H,15,21,23-24H2,1-8H3/b11-9+,18-14+,20-19+/t25-,26-,27-,31+,32+,33-,36-,37-,38-,39+,40+,41+/m1/s1. The molecule has 2 aliphatic heterocycles. The molecular weight excluding hydrogens is 714 g/mol. The Morgan fingerprint density at radius 3 is 2.27 bits per heavy atom. The number of likely N-dealkylation sites (N-methyl/N-ethyl adjacent to an activating group) is 1. The van der Waals surface area contributed by atoms with Crippen LogP contribution in [0.5, 0.6) is 0 Å². The summed E-state index contributed by atoms with van der Waals surface area (Å²) in [6.45, 7) is 7.74. The zero-order valence-electron chi connectivity index (χ0n) is 33.0. The third-order valence-electron chi connectivity index (χ3n) is 9.53. The zero-order chi connectivity index (χ0) is 40.7. The fraction of sp³-hybridized carbons (Fsp3) is 0.585. The fourth-order valence-corrected chi connectivity index (χ4v) is 6.97. The highest BCUT2D eigenvalue weighted by Crippen LogP contribution is 2.35. The van der Waals surface area contributed by atoms with E-state index in [-0.39, 0.29) is 18.8 Å². The van der Waals surface area contributed by atoms with Crippen LogP contribution in [-0.4, -0.2) is 123 Å². The molecule has 14 heteroatoms. The molecule has 1 aromatic rings. The number of ether oxygens (including phenoxy) is 7. The number of aliphatic hydroxyl groups is 1. The number of aliphatic hydroxyl groups excluding tert-OH is 1. The predicted octanol–water partition coefficient (Wildman–Crippen LogP) is 3.98. The minimum Gasteiger partial charge on any atom is -0.462 e. The van der Waals surface area contributed by atoms with Gasteiger partial charge in [-0.1, -0.05) is 55.5 Å². The summed E-state index contributed by atoms with van der Waals surface area (Å²) in [7, 11) is 4.78.